The van der Waals surface area contributed by atoms with Crippen LogP contribution in [0.5, 0.6) is 0 Å². The van der Waals surface area contributed by atoms with Crippen LogP contribution in [0.3, 0.4) is 0 Å². The molecule has 1 aromatic heterocycles. The Morgan fingerprint density at radius 2 is 2.10 bits per heavy atom. The fraction of sp³-hybridized carbons (Fsp3) is 0.733. The van der Waals surface area contributed by atoms with E-state index in [1.807, 2.05) is 27.7 Å². The molecule has 0 spiro atoms. The van der Waals surface area contributed by atoms with Crippen LogP contribution in [0.2, 0.25) is 0 Å². The molecule has 0 aliphatic heterocycles. The Bertz CT molecular complexity index is 484. The van der Waals surface area contributed by atoms with Crippen LogP contribution in [-0.2, 0) is 16.1 Å². The quantitative estimate of drug-likeness (QED) is 0.749. The highest BCUT2D eigenvalue weighted by molar-refractivity contribution is 7.99. The van der Waals surface area contributed by atoms with E-state index in [9.17, 15) is 4.79 Å². The first kappa shape index (κ1) is 18.0. The van der Waals surface area contributed by atoms with Gasteiger partial charge < -0.3 is 14.6 Å². The number of thioether (sulfide) groups is 1. The Morgan fingerprint density at radius 1 is 1.43 bits per heavy atom. The van der Waals surface area contributed by atoms with Gasteiger partial charge in [0.1, 0.15) is 0 Å². The molecule has 0 aromatic carbocycles. The third-order valence-electron chi connectivity index (χ3n) is 3.64. The summed E-state index contributed by atoms with van der Waals surface area (Å²) in [6.07, 6.45) is 0.907. The van der Waals surface area contributed by atoms with Crippen molar-refractivity contribution in [3.8, 4) is 0 Å². The molecule has 5 nitrogen and oxygen atoms in total. The number of carbonyl (C=O) groups is 1. The van der Waals surface area contributed by atoms with Gasteiger partial charge in [0.15, 0.2) is 5.16 Å². The molecule has 0 aliphatic rings. The molecule has 0 bridgehead atoms. The first-order valence-electron chi connectivity index (χ1n) is 7.27. The smallest absolute Gasteiger partial charge is 0.230 e. The minimum absolute atomic E-state index is 0.0449. The fourth-order valence-electron chi connectivity index (χ4n) is 1.81. The SMILES string of the molecule is CCC(C)(C)NC(=O)CSc1nc(C)c(C)n1CCOC. The van der Waals surface area contributed by atoms with E-state index in [4.69, 9.17) is 4.74 Å². The molecule has 1 heterocycles. The molecule has 0 atom stereocenters. The standard InChI is InChI=1S/C15H27N3O2S/c1-7-15(4,5)17-13(19)10-21-14-16-11(2)12(3)18(14)8-9-20-6/h7-10H2,1-6H3,(H,17,19). The molecule has 0 fully saturated rings. The van der Waals surface area contributed by atoms with Crippen LogP contribution in [0.1, 0.15) is 38.6 Å². The second-order valence-corrected chi connectivity index (χ2v) is 6.73. The molecule has 1 amide bonds. The summed E-state index contributed by atoms with van der Waals surface area (Å²) in [6.45, 7) is 11.6. The number of nitrogens with one attached hydrogen (secondary N) is 1. The number of hydrogen-bond acceptors (Lipinski definition) is 4. The third-order valence-corrected chi connectivity index (χ3v) is 4.61. The molecule has 0 unspecified atom stereocenters. The lowest BCUT2D eigenvalue weighted by molar-refractivity contribution is -0.120. The minimum Gasteiger partial charge on any atom is -0.383 e. The van der Waals surface area contributed by atoms with Gasteiger partial charge in [0, 0.05) is 24.9 Å². The van der Waals surface area contributed by atoms with E-state index in [-0.39, 0.29) is 11.4 Å². The number of imidazole rings is 1. The number of rotatable bonds is 8. The summed E-state index contributed by atoms with van der Waals surface area (Å²) < 4.78 is 7.25. The highest BCUT2D eigenvalue weighted by atomic mass is 32.2. The molecule has 1 N–H and O–H groups in total. The predicted octanol–water partition coefficient (Wildman–Crippen LogP) is 2.54. The normalized spacial score (nSPS) is 11.7. The van der Waals surface area contributed by atoms with Crippen molar-refractivity contribution in [1.82, 2.24) is 14.9 Å². The van der Waals surface area contributed by atoms with Crippen LogP contribution < -0.4 is 5.32 Å². The summed E-state index contributed by atoms with van der Waals surface area (Å²) in [6, 6.07) is 0. The van der Waals surface area contributed by atoms with E-state index in [0.29, 0.717) is 12.4 Å². The van der Waals surface area contributed by atoms with Gasteiger partial charge in [0.2, 0.25) is 5.91 Å². The van der Waals surface area contributed by atoms with Gasteiger partial charge in [-0.05, 0) is 34.1 Å². The number of hydrogen-bond donors (Lipinski definition) is 1. The molecule has 0 radical (unpaired) electrons. The molecular formula is C15H27N3O2S. The van der Waals surface area contributed by atoms with Gasteiger partial charge in [-0.1, -0.05) is 18.7 Å². The van der Waals surface area contributed by atoms with E-state index >= 15 is 0 Å². The predicted molar refractivity (Wildman–Crippen MR) is 86.8 cm³/mol. The van der Waals surface area contributed by atoms with Gasteiger partial charge >= 0.3 is 0 Å². The van der Waals surface area contributed by atoms with Crippen molar-refractivity contribution in [1.29, 1.82) is 0 Å². The van der Waals surface area contributed by atoms with E-state index in [0.717, 1.165) is 29.5 Å². The maximum atomic E-state index is 12.0. The number of amides is 1. The lowest BCUT2D eigenvalue weighted by Crippen LogP contribution is -2.43. The average molecular weight is 313 g/mol. The highest BCUT2D eigenvalue weighted by Gasteiger charge is 2.19. The number of aromatic nitrogens is 2. The zero-order valence-electron chi connectivity index (χ0n) is 13.9. The maximum absolute atomic E-state index is 12.0. The number of ether oxygens (including phenoxy) is 1. The Labute approximate surface area is 131 Å². The van der Waals surface area contributed by atoms with Crippen LogP contribution in [0.15, 0.2) is 5.16 Å². The molecule has 21 heavy (non-hydrogen) atoms. The van der Waals surface area contributed by atoms with Crippen molar-refractivity contribution in [3.63, 3.8) is 0 Å². The van der Waals surface area contributed by atoms with Crippen LogP contribution in [0.25, 0.3) is 0 Å². The molecule has 6 heteroatoms. The number of carbonyl (C=O) groups excluding carboxylic acids is 1. The van der Waals surface area contributed by atoms with E-state index in [1.54, 1.807) is 7.11 Å². The highest BCUT2D eigenvalue weighted by Crippen LogP contribution is 2.21. The molecule has 0 saturated heterocycles. The first-order chi connectivity index (χ1) is 9.80. The molecule has 0 saturated carbocycles. The van der Waals surface area contributed by atoms with Crippen LogP contribution in [0, 0.1) is 13.8 Å². The monoisotopic (exact) mass is 313 g/mol. The largest absolute Gasteiger partial charge is 0.383 e. The molecular weight excluding hydrogens is 286 g/mol. The first-order valence-corrected chi connectivity index (χ1v) is 8.25. The maximum Gasteiger partial charge on any atom is 0.230 e. The minimum atomic E-state index is -0.158. The van der Waals surface area contributed by atoms with Gasteiger partial charge in [-0.15, -0.1) is 0 Å². The van der Waals surface area contributed by atoms with E-state index in [1.165, 1.54) is 11.8 Å². The lowest BCUT2D eigenvalue weighted by atomic mass is 10.0. The van der Waals surface area contributed by atoms with Crippen molar-refractivity contribution in [2.75, 3.05) is 19.5 Å². The number of nitrogens with zero attached hydrogens (tertiary/aromatic N) is 2. The number of methoxy groups -OCH3 is 1. The zero-order valence-corrected chi connectivity index (χ0v) is 14.8. The van der Waals surface area contributed by atoms with Gasteiger partial charge in [-0.3, -0.25) is 4.79 Å². The zero-order chi connectivity index (χ0) is 16.0. The Morgan fingerprint density at radius 3 is 2.67 bits per heavy atom. The Balaban J connectivity index is 2.66. The Hall–Kier alpha value is -1.01. The average Bonchev–Trinajstić information content (AvgIpc) is 2.69. The Kier molecular flexibility index (Phi) is 6.74. The van der Waals surface area contributed by atoms with Gasteiger partial charge in [-0.25, -0.2) is 4.98 Å². The van der Waals surface area contributed by atoms with Crippen LogP contribution >= 0.6 is 11.8 Å². The lowest BCUT2D eigenvalue weighted by Gasteiger charge is -2.24. The second kappa shape index (κ2) is 7.84. The second-order valence-electron chi connectivity index (χ2n) is 5.78. The molecule has 1 rings (SSSR count). The summed E-state index contributed by atoms with van der Waals surface area (Å²) in [7, 11) is 1.69. The summed E-state index contributed by atoms with van der Waals surface area (Å²) in [5.74, 6) is 0.426. The third kappa shape index (κ3) is 5.36. The number of aryl methyl sites for hydroxylation is 1. The topological polar surface area (TPSA) is 56.2 Å². The van der Waals surface area contributed by atoms with Gasteiger partial charge in [0.25, 0.3) is 0 Å². The van der Waals surface area contributed by atoms with Crippen molar-refractivity contribution in [3.05, 3.63) is 11.4 Å². The summed E-state index contributed by atoms with van der Waals surface area (Å²) >= 11 is 1.48. The summed E-state index contributed by atoms with van der Waals surface area (Å²) in [5.41, 5.74) is 1.97. The van der Waals surface area contributed by atoms with Crippen LogP contribution in [-0.4, -0.2) is 40.5 Å². The van der Waals surface area contributed by atoms with Crippen molar-refractivity contribution < 1.29 is 9.53 Å². The van der Waals surface area contributed by atoms with Crippen molar-refractivity contribution in [2.45, 2.75) is 58.3 Å². The van der Waals surface area contributed by atoms with E-state index < -0.39 is 0 Å². The van der Waals surface area contributed by atoms with E-state index in [2.05, 4.69) is 21.8 Å². The molecule has 120 valence electrons. The molecule has 1 aromatic rings. The fourth-order valence-corrected chi connectivity index (χ4v) is 2.73. The summed E-state index contributed by atoms with van der Waals surface area (Å²) in [4.78, 5) is 16.6. The molecule has 0 aliphatic carbocycles. The summed E-state index contributed by atoms with van der Waals surface area (Å²) in [5, 5.41) is 3.92. The van der Waals surface area contributed by atoms with Gasteiger partial charge in [-0.2, -0.15) is 0 Å². The van der Waals surface area contributed by atoms with Crippen molar-refractivity contribution in [2.24, 2.45) is 0 Å². The van der Waals surface area contributed by atoms with Crippen LogP contribution in [0.4, 0.5) is 0 Å². The van der Waals surface area contributed by atoms with Crippen molar-refractivity contribution >= 4 is 17.7 Å². The van der Waals surface area contributed by atoms with Gasteiger partial charge in [0.05, 0.1) is 18.1 Å².